The van der Waals surface area contributed by atoms with Gasteiger partial charge in [-0.1, -0.05) is 0 Å². The van der Waals surface area contributed by atoms with E-state index in [9.17, 15) is 4.79 Å². The minimum absolute atomic E-state index is 0.127. The normalized spacial score (nSPS) is 18.4. The van der Waals surface area contributed by atoms with Gasteiger partial charge in [0.2, 0.25) is 5.91 Å². The first-order chi connectivity index (χ1) is 9.74. The lowest BCUT2D eigenvalue weighted by molar-refractivity contribution is -0.130. The van der Waals surface area contributed by atoms with E-state index in [0.29, 0.717) is 6.61 Å². The lowest BCUT2D eigenvalue weighted by Crippen LogP contribution is -2.37. The molecular formula is C15H17N3O2. The van der Waals surface area contributed by atoms with Gasteiger partial charge in [-0.15, -0.1) is 0 Å². The summed E-state index contributed by atoms with van der Waals surface area (Å²) in [5.41, 5.74) is 0.868. The fourth-order valence-corrected chi connectivity index (χ4v) is 2.66. The molecule has 1 atom stereocenters. The Balaban J connectivity index is 1.69. The van der Waals surface area contributed by atoms with Crippen LogP contribution in [0.4, 0.5) is 0 Å². The van der Waals surface area contributed by atoms with E-state index in [1.54, 1.807) is 13.1 Å². The van der Waals surface area contributed by atoms with Gasteiger partial charge in [0, 0.05) is 31.1 Å². The van der Waals surface area contributed by atoms with Crippen molar-refractivity contribution >= 4 is 16.8 Å². The standard InChI is InChI=1S/C15H17N3O2/c1-11(19)18-6-2-3-13(18)9-20-14-5-4-12-8-16-10-17-15(12)7-14/h4-5,7-8,10,13H,2-3,6,9H2,1H3. The number of aromatic nitrogens is 2. The molecule has 2 heterocycles. The van der Waals surface area contributed by atoms with Gasteiger partial charge >= 0.3 is 0 Å². The maximum atomic E-state index is 11.5. The SMILES string of the molecule is CC(=O)N1CCCC1COc1ccc2cncnc2c1. The second kappa shape index (κ2) is 5.45. The van der Waals surface area contributed by atoms with Gasteiger partial charge in [-0.25, -0.2) is 9.97 Å². The minimum Gasteiger partial charge on any atom is -0.491 e. The largest absolute Gasteiger partial charge is 0.491 e. The Morgan fingerprint density at radius 2 is 2.40 bits per heavy atom. The molecule has 0 spiro atoms. The molecular weight excluding hydrogens is 254 g/mol. The maximum Gasteiger partial charge on any atom is 0.219 e. The Hall–Kier alpha value is -2.17. The van der Waals surface area contributed by atoms with Crippen LogP contribution in [-0.2, 0) is 4.79 Å². The van der Waals surface area contributed by atoms with Gasteiger partial charge in [-0.3, -0.25) is 4.79 Å². The van der Waals surface area contributed by atoms with Crippen LogP contribution < -0.4 is 4.74 Å². The molecule has 0 bridgehead atoms. The van der Waals surface area contributed by atoms with E-state index in [1.165, 1.54) is 6.33 Å². The zero-order valence-corrected chi connectivity index (χ0v) is 11.5. The lowest BCUT2D eigenvalue weighted by Gasteiger charge is -2.23. The van der Waals surface area contributed by atoms with E-state index in [1.807, 2.05) is 23.1 Å². The molecule has 1 saturated heterocycles. The molecule has 104 valence electrons. The third-order valence-electron chi connectivity index (χ3n) is 3.70. The van der Waals surface area contributed by atoms with Crippen LogP contribution in [0.15, 0.2) is 30.7 Å². The molecule has 1 aromatic heterocycles. The Bertz CT molecular complexity index is 629. The molecule has 1 aliphatic heterocycles. The number of amides is 1. The predicted molar refractivity (Wildman–Crippen MR) is 75.4 cm³/mol. The number of rotatable bonds is 3. The Labute approximate surface area is 117 Å². The molecule has 1 aliphatic rings. The van der Waals surface area contributed by atoms with Crippen molar-refractivity contribution in [3.8, 4) is 5.75 Å². The summed E-state index contributed by atoms with van der Waals surface area (Å²) in [5.74, 6) is 0.911. The average Bonchev–Trinajstić information content (AvgIpc) is 2.93. The van der Waals surface area contributed by atoms with E-state index in [4.69, 9.17) is 4.74 Å². The molecule has 5 nitrogen and oxygen atoms in total. The molecule has 1 fully saturated rings. The summed E-state index contributed by atoms with van der Waals surface area (Å²) in [6, 6.07) is 5.96. The summed E-state index contributed by atoms with van der Waals surface area (Å²) in [5, 5.41) is 0.992. The number of nitrogens with zero attached hydrogens (tertiary/aromatic N) is 3. The maximum absolute atomic E-state index is 11.5. The molecule has 20 heavy (non-hydrogen) atoms. The summed E-state index contributed by atoms with van der Waals surface area (Å²) in [6.07, 6.45) is 5.37. The Morgan fingerprint density at radius 3 is 3.25 bits per heavy atom. The van der Waals surface area contributed by atoms with Crippen molar-refractivity contribution in [1.82, 2.24) is 14.9 Å². The van der Waals surface area contributed by atoms with E-state index in [-0.39, 0.29) is 11.9 Å². The van der Waals surface area contributed by atoms with Crippen LogP contribution in [0, 0.1) is 0 Å². The van der Waals surface area contributed by atoms with Gasteiger partial charge in [-0.2, -0.15) is 0 Å². The smallest absolute Gasteiger partial charge is 0.219 e. The molecule has 1 aromatic carbocycles. The summed E-state index contributed by atoms with van der Waals surface area (Å²) < 4.78 is 5.82. The zero-order chi connectivity index (χ0) is 13.9. The van der Waals surface area contributed by atoms with E-state index >= 15 is 0 Å². The van der Waals surface area contributed by atoms with Gasteiger partial charge in [0.15, 0.2) is 0 Å². The highest BCUT2D eigenvalue weighted by Crippen LogP contribution is 2.21. The second-order valence-electron chi connectivity index (χ2n) is 5.06. The average molecular weight is 271 g/mol. The van der Waals surface area contributed by atoms with Crippen LogP contribution in [0.5, 0.6) is 5.75 Å². The van der Waals surface area contributed by atoms with Crippen LogP contribution in [-0.4, -0.2) is 40.0 Å². The van der Waals surface area contributed by atoms with Crippen LogP contribution >= 0.6 is 0 Å². The first-order valence-corrected chi connectivity index (χ1v) is 6.84. The lowest BCUT2D eigenvalue weighted by atomic mass is 10.2. The number of hydrogen-bond acceptors (Lipinski definition) is 4. The molecule has 0 saturated carbocycles. The number of benzene rings is 1. The molecule has 0 N–H and O–H groups in total. The molecule has 5 heteroatoms. The molecule has 0 aliphatic carbocycles. The number of ether oxygens (including phenoxy) is 1. The van der Waals surface area contributed by atoms with Crippen molar-refractivity contribution in [3.63, 3.8) is 0 Å². The van der Waals surface area contributed by atoms with Crippen LogP contribution in [0.1, 0.15) is 19.8 Å². The molecule has 1 amide bonds. The molecule has 2 aromatic rings. The quantitative estimate of drug-likeness (QED) is 0.857. The third-order valence-corrected chi connectivity index (χ3v) is 3.70. The van der Waals surface area contributed by atoms with E-state index < -0.39 is 0 Å². The summed E-state index contributed by atoms with van der Waals surface area (Å²) in [6.45, 7) is 3.00. The van der Waals surface area contributed by atoms with Gasteiger partial charge in [-0.05, 0) is 25.0 Å². The highest BCUT2D eigenvalue weighted by molar-refractivity contribution is 5.78. The van der Waals surface area contributed by atoms with E-state index in [0.717, 1.165) is 36.0 Å². The van der Waals surface area contributed by atoms with Crippen molar-refractivity contribution in [2.75, 3.05) is 13.2 Å². The van der Waals surface area contributed by atoms with Crippen LogP contribution in [0.2, 0.25) is 0 Å². The van der Waals surface area contributed by atoms with Crippen LogP contribution in [0.25, 0.3) is 10.9 Å². The van der Waals surface area contributed by atoms with Crippen molar-refractivity contribution in [1.29, 1.82) is 0 Å². The van der Waals surface area contributed by atoms with Crippen molar-refractivity contribution in [3.05, 3.63) is 30.7 Å². The van der Waals surface area contributed by atoms with E-state index in [2.05, 4.69) is 9.97 Å². The number of carbonyl (C=O) groups excluding carboxylic acids is 1. The van der Waals surface area contributed by atoms with Gasteiger partial charge in [0.05, 0.1) is 11.6 Å². The number of hydrogen-bond donors (Lipinski definition) is 0. The van der Waals surface area contributed by atoms with Gasteiger partial charge in [0.1, 0.15) is 18.7 Å². The summed E-state index contributed by atoms with van der Waals surface area (Å²) >= 11 is 0. The highest BCUT2D eigenvalue weighted by atomic mass is 16.5. The monoisotopic (exact) mass is 271 g/mol. The Kier molecular flexibility index (Phi) is 3.50. The Morgan fingerprint density at radius 1 is 1.50 bits per heavy atom. The van der Waals surface area contributed by atoms with Gasteiger partial charge < -0.3 is 9.64 Å². The number of carbonyl (C=O) groups is 1. The predicted octanol–water partition coefficient (Wildman–Crippen LogP) is 2.02. The first kappa shape index (κ1) is 12.8. The summed E-state index contributed by atoms with van der Waals surface area (Å²) in [4.78, 5) is 21.6. The number of fused-ring (bicyclic) bond motifs is 1. The molecule has 3 rings (SSSR count). The van der Waals surface area contributed by atoms with Crippen molar-refractivity contribution in [2.24, 2.45) is 0 Å². The fourth-order valence-electron chi connectivity index (χ4n) is 2.66. The zero-order valence-electron chi connectivity index (χ0n) is 11.5. The fraction of sp³-hybridized carbons (Fsp3) is 0.400. The van der Waals surface area contributed by atoms with Crippen LogP contribution in [0.3, 0.4) is 0 Å². The van der Waals surface area contributed by atoms with Crippen molar-refractivity contribution < 1.29 is 9.53 Å². The summed E-state index contributed by atoms with van der Waals surface area (Å²) in [7, 11) is 0. The van der Waals surface area contributed by atoms with Gasteiger partial charge in [0.25, 0.3) is 0 Å². The van der Waals surface area contributed by atoms with Crippen molar-refractivity contribution in [2.45, 2.75) is 25.8 Å². The number of likely N-dealkylation sites (tertiary alicyclic amines) is 1. The minimum atomic E-state index is 0.127. The third kappa shape index (κ3) is 2.57. The first-order valence-electron chi connectivity index (χ1n) is 6.84. The highest BCUT2D eigenvalue weighted by Gasteiger charge is 2.26. The second-order valence-corrected chi connectivity index (χ2v) is 5.06. The molecule has 1 unspecified atom stereocenters. The topological polar surface area (TPSA) is 55.3 Å². The molecule has 0 radical (unpaired) electrons.